The average molecular weight is 363 g/mol. The van der Waals surface area contributed by atoms with Crippen molar-refractivity contribution in [3.63, 3.8) is 0 Å². The molecule has 0 aromatic heterocycles. The zero-order chi connectivity index (χ0) is 18.4. The number of hydrogen-bond donors (Lipinski definition) is 1. The second kappa shape index (κ2) is 8.62. The van der Waals surface area contributed by atoms with E-state index in [4.69, 9.17) is 11.6 Å². The summed E-state index contributed by atoms with van der Waals surface area (Å²) < 4.78 is 13.1. The first-order chi connectivity index (χ1) is 11.9. The van der Waals surface area contributed by atoms with Crippen LogP contribution >= 0.6 is 11.6 Å². The summed E-state index contributed by atoms with van der Waals surface area (Å²) in [5, 5.41) is 3.38. The van der Waals surface area contributed by atoms with Gasteiger partial charge in [-0.2, -0.15) is 0 Å². The lowest BCUT2D eigenvalue weighted by Crippen LogP contribution is -2.35. The molecule has 0 spiro atoms. The standard InChI is InChI=1S/C19H20ClFN2O2/c1-3-23(17-10-8-16(21)9-11-17)19(25)12-18(22-13(2)24)14-4-6-15(20)7-5-14/h4-11,18H,3,12H2,1-2H3,(H,22,24). The fourth-order valence-corrected chi connectivity index (χ4v) is 2.73. The average Bonchev–Trinajstić information content (AvgIpc) is 2.57. The van der Waals surface area contributed by atoms with Crippen LogP contribution < -0.4 is 10.2 Å². The van der Waals surface area contributed by atoms with E-state index in [0.717, 1.165) is 5.56 Å². The number of amides is 2. The zero-order valence-electron chi connectivity index (χ0n) is 14.1. The molecule has 0 saturated heterocycles. The molecule has 2 aromatic carbocycles. The van der Waals surface area contributed by atoms with Gasteiger partial charge in [-0.3, -0.25) is 9.59 Å². The van der Waals surface area contributed by atoms with Crippen LogP contribution in [0.5, 0.6) is 0 Å². The molecule has 0 heterocycles. The number of carbonyl (C=O) groups excluding carboxylic acids is 2. The third-order valence-electron chi connectivity index (χ3n) is 3.78. The molecule has 0 radical (unpaired) electrons. The fourth-order valence-electron chi connectivity index (χ4n) is 2.60. The Kier molecular flexibility index (Phi) is 6.53. The van der Waals surface area contributed by atoms with Crippen molar-refractivity contribution in [1.82, 2.24) is 5.32 Å². The Morgan fingerprint density at radius 1 is 1.12 bits per heavy atom. The molecule has 0 saturated carbocycles. The Hall–Kier alpha value is -2.40. The molecule has 0 fully saturated rings. The lowest BCUT2D eigenvalue weighted by atomic mass is 10.0. The Morgan fingerprint density at radius 3 is 2.24 bits per heavy atom. The lowest BCUT2D eigenvalue weighted by Gasteiger charge is -2.25. The van der Waals surface area contributed by atoms with Gasteiger partial charge in [-0.25, -0.2) is 4.39 Å². The van der Waals surface area contributed by atoms with Gasteiger partial charge in [-0.1, -0.05) is 23.7 Å². The first-order valence-electron chi connectivity index (χ1n) is 7.99. The number of carbonyl (C=O) groups is 2. The highest BCUT2D eigenvalue weighted by molar-refractivity contribution is 6.30. The highest BCUT2D eigenvalue weighted by Gasteiger charge is 2.21. The summed E-state index contributed by atoms with van der Waals surface area (Å²) in [4.78, 5) is 25.8. The maximum Gasteiger partial charge on any atom is 0.229 e. The van der Waals surface area contributed by atoms with E-state index in [1.807, 2.05) is 6.92 Å². The second-order valence-corrected chi connectivity index (χ2v) is 6.06. The van der Waals surface area contributed by atoms with Crippen molar-refractivity contribution in [1.29, 1.82) is 0 Å². The summed E-state index contributed by atoms with van der Waals surface area (Å²) in [5.41, 5.74) is 1.41. The van der Waals surface area contributed by atoms with Crippen LogP contribution in [0.1, 0.15) is 31.9 Å². The molecule has 25 heavy (non-hydrogen) atoms. The Bertz CT molecular complexity index is 732. The molecule has 1 N–H and O–H groups in total. The Labute approximate surface area is 151 Å². The van der Waals surface area contributed by atoms with Crippen molar-refractivity contribution in [2.24, 2.45) is 0 Å². The third kappa shape index (κ3) is 5.29. The summed E-state index contributed by atoms with van der Waals surface area (Å²) in [7, 11) is 0. The summed E-state index contributed by atoms with van der Waals surface area (Å²) in [6.45, 7) is 3.69. The van der Waals surface area contributed by atoms with Gasteiger partial charge in [0, 0.05) is 24.2 Å². The van der Waals surface area contributed by atoms with Crippen LogP contribution in [0, 0.1) is 5.82 Å². The minimum atomic E-state index is -0.461. The molecule has 2 aromatic rings. The van der Waals surface area contributed by atoms with Crippen LogP contribution in [-0.4, -0.2) is 18.4 Å². The molecule has 2 rings (SSSR count). The normalized spacial score (nSPS) is 11.7. The highest BCUT2D eigenvalue weighted by Crippen LogP contribution is 2.23. The second-order valence-electron chi connectivity index (χ2n) is 5.62. The van der Waals surface area contributed by atoms with E-state index < -0.39 is 6.04 Å². The van der Waals surface area contributed by atoms with Crippen LogP contribution in [0.2, 0.25) is 5.02 Å². The minimum Gasteiger partial charge on any atom is -0.349 e. The predicted octanol–water partition coefficient (Wildman–Crippen LogP) is 4.10. The van der Waals surface area contributed by atoms with Gasteiger partial charge in [-0.05, 0) is 48.9 Å². The topological polar surface area (TPSA) is 49.4 Å². The van der Waals surface area contributed by atoms with Gasteiger partial charge in [0.05, 0.1) is 12.5 Å². The van der Waals surface area contributed by atoms with Crippen molar-refractivity contribution >= 4 is 29.1 Å². The Balaban J connectivity index is 2.20. The van der Waals surface area contributed by atoms with Gasteiger partial charge in [0.2, 0.25) is 11.8 Å². The first-order valence-corrected chi connectivity index (χ1v) is 8.37. The number of anilines is 1. The van der Waals surface area contributed by atoms with Crippen molar-refractivity contribution in [3.8, 4) is 0 Å². The quantitative estimate of drug-likeness (QED) is 0.841. The van der Waals surface area contributed by atoms with E-state index >= 15 is 0 Å². The zero-order valence-corrected chi connectivity index (χ0v) is 14.9. The van der Waals surface area contributed by atoms with Gasteiger partial charge in [0.1, 0.15) is 5.82 Å². The fraction of sp³-hybridized carbons (Fsp3) is 0.263. The number of benzene rings is 2. The van der Waals surface area contributed by atoms with Gasteiger partial charge >= 0.3 is 0 Å². The summed E-state index contributed by atoms with van der Waals surface area (Å²) in [6, 6.07) is 12.3. The molecule has 0 aliphatic rings. The maximum absolute atomic E-state index is 13.1. The van der Waals surface area contributed by atoms with Crippen LogP contribution in [0.25, 0.3) is 0 Å². The molecular formula is C19H20ClFN2O2. The number of halogens is 2. The smallest absolute Gasteiger partial charge is 0.229 e. The molecule has 0 bridgehead atoms. The third-order valence-corrected chi connectivity index (χ3v) is 4.04. The summed E-state index contributed by atoms with van der Waals surface area (Å²) >= 11 is 5.90. The predicted molar refractivity (Wildman–Crippen MR) is 97.1 cm³/mol. The molecule has 4 nitrogen and oxygen atoms in total. The van der Waals surface area contributed by atoms with Crippen LogP contribution in [-0.2, 0) is 9.59 Å². The highest BCUT2D eigenvalue weighted by atomic mass is 35.5. The molecule has 132 valence electrons. The van der Waals surface area contributed by atoms with E-state index in [1.165, 1.54) is 19.1 Å². The van der Waals surface area contributed by atoms with E-state index in [0.29, 0.717) is 17.3 Å². The number of nitrogens with zero attached hydrogens (tertiary/aromatic N) is 1. The first kappa shape index (κ1) is 18.9. The largest absolute Gasteiger partial charge is 0.349 e. The molecule has 0 aliphatic heterocycles. The molecule has 0 aliphatic carbocycles. The van der Waals surface area contributed by atoms with Gasteiger partial charge in [-0.15, -0.1) is 0 Å². The van der Waals surface area contributed by atoms with Crippen molar-refractivity contribution < 1.29 is 14.0 Å². The van der Waals surface area contributed by atoms with E-state index in [2.05, 4.69) is 5.32 Å². The molecule has 1 atom stereocenters. The van der Waals surface area contributed by atoms with Crippen LogP contribution in [0.15, 0.2) is 48.5 Å². The summed E-state index contributed by atoms with van der Waals surface area (Å²) in [5.74, 6) is -0.745. The SMILES string of the molecule is CCN(C(=O)CC(NC(C)=O)c1ccc(Cl)cc1)c1ccc(F)cc1. The van der Waals surface area contributed by atoms with E-state index in [1.54, 1.807) is 41.3 Å². The molecular weight excluding hydrogens is 343 g/mol. The molecule has 1 unspecified atom stereocenters. The molecule has 2 amide bonds. The summed E-state index contributed by atoms with van der Waals surface area (Å²) in [6.07, 6.45) is 0.0897. The van der Waals surface area contributed by atoms with Crippen LogP contribution in [0.3, 0.4) is 0 Å². The lowest BCUT2D eigenvalue weighted by molar-refractivity contribution is -0.121. The van der Waals surface area contributed by atoms with Gasteiger partial charge in [0.25, 0.3) is 0 Å². The molecule has 6 heteroatoms. The number of nitrogens with one attached hydrogen (secondary N) is 1. The van der Waals surface area contributed by atoms with Crippen molar-refractivity contribution in [2.75, 3.05) is 11.4 Å². The minimum absolute atomic E-state index is 0.0897. The van der Waals surface area contributed by atoms with Gasteiger partial charge in [0.15, 0.2) is 0 Å². The van der Waals surface area contributed by atoms with Gasteiger partial charge < -0.3 is 10.2 Å². The monoisotopic (exact) mass is 362 g/mol. The van der Waals surface area contributed by atoms with E-state index in [-0.39, 0.29) is 24.1 Å². The van der Waals surface area contributed by atoms with Crippen molar-refractivity contribution in [2.45, 2.75) is 26.3 Å². The Morgan fingerprint density at radius 2 is 1.72 bits per heavy atom. The number of hydrogen-bond acceptors (Lipinski definition) is 2. The van der Waals surface area contributed by atoms with E-state index in [9.17, 15) is 14.0 Å². The van der Waals surface area contributed by atoms with Crippen LogP contribution in [0.4, 0.5) is 10.1 Å². The maximum atomic E-state index is 13.1. The van der Waals surface area contributed by atoms with Crippen molar-refractivity contribution in [3.05, 3.63) is 64.9 Å². The number of rotatable bonds is 6.